The molecule has 3 atom stereocenters. The zero-order chi connectivity index (χ0) is 11.7. The molecule has 3 unspecified atom stereocenters. The zero-order valence-corrected chi connectivity index (χ0v) is 10.7. The normalized spacial score (nSPS) is 30.9. The first kappa shape index (κ1) is 11.6. The Morgan fingerprint density at radius 2 is 2.19 bits per heavy atom. The lowest BCUT2D eigenvalue weighted by Crippen LogP contribution is -2.28. The molecule has 0 saturated carbocycles. The van der Waals surface area contributed by atoms with Crippen LogP contribution in [-0.4, -0.2) is 15.9 Å². The maximum Gasteiger partial charge on any atom is 0.0861 e. The Hall–Kier alpha value is -0.830. The van der Waals surface area contributed by atoms with Crippen molar-refractivity contribution in [2.24, 2.45) is 18.9 Å². The lowest BCUT2D eigenvalue weighted by molar-refractivity contribution is -0.0720. The second kappa shape index (κ2) is 4.58. The predicted molar refractivity (Wildman–Crippen MR) is 64.1 cm³/mol. The highest BCUT2D eigenvalue weighted by molar-refractivity contribution is 5.09. The van der Waals surface area contributed by atoms with E-state index in [1.165, 1.54) is 12.0 Å². The third-order valence-corrected chi connectivity index (χ3v) is 3.59. The molecule has 3 nitrogen and oxygen atoms in total. The summed E-state index contributed by atoms with van der Waals surface area (Å²) in [6.07, 6.45) is 6.93. The van der Waals surface area contributed by atoms with Gasteiger partial charge in [0.15, 0.2) is 0 Å². The Kier molecular flexibility index (Phi) is 3.33. The summed E-state index contributed by atoms with van der Waals surface area (Å²) in [5, 5.41) is 4.22. The Labute approximate surface area is 97.8 Å². The third kappa shape index (κ3) is 2.46. The molecular formula is C13H22N2O. The van der Waals surface area contributed by atoms with Gasteiger partial charge in [0.05, 0.1) is 18.4 Å². The van der Waals surface area contributed by atoms with Crippen molar-refractivity contribution in [2.75, 3.05) is 0 Å². The summed E-state index contributed by atoms with van der Waals surface area (Å²) in [5.74, 6) is 1.51. The number of hydrogen-bond acceptors (Lipinski definition) is 2. The summed E-state index contributed by atoms with van der Waals surface area (Å²) in [6, 6.07) is 0. The van der Waals surface area contributed by atoms with Gasteiger partial charge in [0.25, 0.3) is 0 Å². The van der Waals surface area contributed by atoms with E-state index in [0.29, 0.717) is 6.10 Å². The average Bonchev–Trinajstić information content (AvgIpc) is 2.64. The van der Waals surface area contributed by atoms with Gasteiger partial charge in [-0.25, -0.2) is 0 Å². The lowest BCUT2D eigenvalue weighted by Gasteiger charge is -2.35. The van der Waals surface area contributed by atoms with Crippen LogP contribution in [0.4, 0.5) is 0 Å². The fourth-order valence-electron chi connectivity index (χ4n) is 2.55. The number of nitrogens with zero attached hydrogens (tertiary/aromatic N) is 2. The Balaban J connectivity index is 2.10. The molecule has 1 aromatic rings. The topological polar surface area (TPSA) is 27.1 Å². The molecule has 90 valence electrons. The van der Waals surface area contributed by atoms with E-state index < -0.39 is 0 Å². The predicted octanol–water partition coefficient (Wildman–Crippen LogP) is 2.93. The summed E-state index contributed by atoms with van der Waals surface area (Å²) in [6.45, 7) is 6.80. The zero-order valence-electron chi connectivity index (χ0n) is 10.7. The highest BCUT2D eigenvalue weighted by atomic mass is 16.5. The van der Waals surface area contributed by atoms with Crippen molar-refractivity contribution in [3.8, 4) is 0 Å². The second-order valence-corrected chi connectivity index (χ2v) is 5.36. The molecule has 0 aromatic carbocycles. The van der Waals surface area contributed by atoms with Crippen molar-refractivity contribution < 1.29 is 4.74 Å². The smallest absolute Gasteiger partial charge is 0.0861 e. The summed E-state index contributed by atoms with van der Waals surface area (Å²) in [5.41, 5.74) is 1.22. The molecule has 0 spiro atoms. The van der Waals surface area contributed by atoms with Gasteiger partial charge in [-0.1, -0.05) is 13.8 Å². The first-order valence-corrected chi connectivity index (χ1v) is 6.20. The van der Waals surface area contributed by atoms with Crippen molar-refractivity contribution in [1.29, 1.82) is 0 Å². The largest absolute Gasteiger partial charge is 0.370 e. The molecule has 1 saturated heterocycles. The maximum absolute atomic E-state index is 6.01. The quantitative estimate of drug-likeness (QED) is 0.769. The van der Waals surface area contributed by atoms with E-state index in [9.17, 15) is 0 Å². The van der Waals surface area contributed by atoms with Gasteiger partial charge in [-0.05, 0) is 31.6 Å². The molecule has 0 radical (unpaired) electrons. The highest BCUT2D eigenvalue weighted by Crippen LogP contribution is 2.37. The number of aryl methyl sites for hydroxylation is 1. The Morgan fingerprint density at radius 3 is 2.75 bits per heavy atom. The molecule has 0 bridgehead atoms. The van der Waals surface area contributed by atoms with Gasteiger partial charge in [0.1, 0.15) is 0 Å². The monoisotopic (exact) mass is 222 g/mol. The number of rotatable bonds is 2. The fourth-order valence-corrected chi connectivity index (χ4v) is 2.55. The first-order valence-electron chi connectivity index (χ1n) is 6.20. The summed E-state index contributed by atoms with van der Waals surface area (Å²) >= 11 is 0. The van der Waals surface area contributed by atoms with E-state index in [0.717, 1.165) is 18.3 Å². The molecule has 16 heavy (non-hydrogen) atoms. The fraction of sp³-hybridized carbons (Fsp3) is 0.769. The van der Waals surface area contributed by atoms with Crippen molar-refractivity contribution in [1.82, 2.24) is 9.78 Å². The molecule has 2 rings (SSSR count). The van der Waals surface area contributed by atoms with E-state index in [-0.39, 0.29) is 6.10 Å². The number of ether oxygens (including phenoxy) is 1. The van der Waals surface area contributed by atoms with Crippen LogP contribution in [0.5, 0.6) is 0 Å². The van der Waals surface area contributed by atoms with E-state index in [2.05, 4.69) is 32.1 Å². The number of hydrogen-bond donors (Lipinski definition) is 0. The van der Waals surface area contributed by atoms with Gasteiger partial charge in [-0.3, -0.25) is 4.68 Å². The minimum absolute atomic E-state index is 0.241. The van der Waals surface area contributed by atoms with Crippen molar-refractivity contribution in [3.05, 3.63) is 18.0 Å². The molecule has 0 amide bonds. The summed E-state index contributed by atoms with van der Waals surface area (Å²) in [7, 11) is 1.95. The summed E-state index contributed by atoms with van der Waals surface area (Å²) in [4.78, 5) is 0. The van der Waals surface area contributed by atoms with Crippen LogP contribution in [0.2, 0.25) is 0 Å². The van der Waals surface area contributed by atoms with Gasteiger partial charge in [-0.15, -0.1) is 0 Å². The van der Waals surface area contributed by atoms with Crippen molar-refractivity contribution in [3.63, 3.8) is 0 Å². The van der Waals surface area contributed by atoms with Crippen LogP contribution in [0.15, 0.2) is 12.4 Å². The third-order valence-electron chi connectivity index (χ3n) is 3.59. The molecule has 1 aliphatic rings. The first-order chi connectivity index (χ1) is 7.56. The van der Waals surface area contributed by atoms with Gasteiger partial charge >= 0.3 is 0 Å². The molecule has 0 N–H and O–H groups in total. The number of aromatic nitrogens is 2. The standard InChI is InChI=1S/C13H22N2O/c1-9(2)11-5-10(3)16-13(6-11)12-7-14-15(4)8-12/h7-11,13H,5-6H2,1-4H3. The van der Waals surface area contributed by atoms with Gasteiger partial charge in [-0.2, -0.15) is 5.10 Å². The molecular weight excluding hydrogens is 200 g/mol. The Morgan fingerprint density at radius 1 is 1.44 bits per heavy atom. The summed E-state index contributed by atoms with van der Waals surface area (Å²) < 4.78 is 7.86. The van der Waals surface area contributed by atoms with E-state index in [1.54, 1.807) is 0 Å². The van der Waals surface area contributed by atoms with Crippen molar-refractivity contribution in [2.45, 2.75) is 45.8 Å². The van der Waals surface area contributed by atoms with Crippen LogP contribution in [0.3, 0.4) is 0 Å². The van der Waals surface area contributed by atoms with E-state index in [4.69, 9.17) is 4.74 Å². The molecule has 1 fully saturated rings. The minimum atomic E-state index is 0.241. The van der Waals surface area contributed by atoms with Crippen LogP contribution in [0.25, 0.3) is 0 Å². The van der Waals surface area contributed by atoms with E-state index >= 15 is 0 Å². The molecule has 1 aromatic heterocycles. The lowest BCUT2D eigenvalue weighted by atomic mass is 9.82. The average molecular weight is 222 g/mol. The van der Waals surface area contributed by atoms with Crippen LogP contribution >= 0.6 is 0 Å². The highest BCUT2D eigenvalue weighted by Gasteiger charge is 2.30. The van der Waals surface area contributed by atoms with Crippen LogP contribution < -0.4 is 0 Å². The second-order valence-electron chi connectivity index (χ2n) is 5.36. The van der Waals surface area contributed by atoms with Crippen LogP contribution in [0, 0.1) is 11.8 Å². The minimum Gasteiger partial charge on any atom is -0.370 e. The molecule has 3 heteroatoms. The van der Waals surface area contributed by atoms with E-state index in [1.807, 2.05) is 17.9 Å². The van der Waals surface area contributed by atoms with Gasteiger partial charge in [0, 0.05) is 18.8 Å². The molecule has 1 aliphatic heterocycles. The van der Waals surface area contributed by atoms with Crippen LogP contribution in [0.1, 0.15) is 45.3 Å². The van der Waals surface area contributed by atoms with Crippen LogP contribution in [-0.2, 0) is 11.8 Å². The maximum atomic E-state index is 6.01. The van der Waals surface area contributed by atoms with Crippen molar-refractivity contribution >= 4 is 0 Å². The molecule has 0 aliphatic carbocycles. The Bertz CT molecular complexity index is 345. The SMILES string of the molecule is CC1CC(C(C)C)CC(c2cnn(C)c2)O1. The molecule has 2 heterocycles. The van der Waals surface area contributed by atoms with Gasteiger partial charge in [0.2, 0.25) is 0 Å². The van der Waals surface area contributed by atoms with Gasteiger partial charge < -0.3 is 4.74 Å².